The van der Waals surface area contributed by atoms with Crippen LogP contribution < -0.4 is 0 Å². The molecule has 0 spiro atoms. The first-order valence-electron chi connectivity index (χ1n) is 38.7. The molecule has 0 aliphatic rings. The molecule has 0 rings (SSSR count). The Balaban J connectivity index is 3.94. The van der Waals surface area contributed by atoms with Gasteiger partial charge in [0.05, 0.1) is 27.7 Å². The van der Waals surface area contributed by atoms with Crippen molar-refractivity contribution < 1.29 is 42.1 Å². The molecule has 0 aromatic rings. The molecule has 0 aliphatic heterocycles. The van der Waals surface area contributed by atoms with Crippen LogP contribution in [0.3, 0.4) is 0 Å². The summed E-state index contributed by atoms with van der Waals surface area (Å²) < 4.78 is 34.8. The molecule has 0 aromatic heterocycles. The van der Waals surface area contributed by atoms with Crippen LogP contribution in [0.2, 0.25) is 0 Å². The van der Waals surface area contributed by atoms with E-state index < -0.39 is 26.5 Å². The minimum absolute atomic E-state index is 0.0328. The van der Waals surface area contributed by atoms with E-state index in [1.54, 1.807) is 0 Å². The molecular weight excluding hydrogens is 1130 g/mol. The van der Waals surface area contributed by atoms with E-state index in [2.05, 4.69) is 86.8 Å². The lowest BCUT2D eigenvalue weighted by Gasteiger charge is -2.24. The highest BCUT2D eigenvalue weighted by atomic mass is 31.2. The van der Waals surface area contributed by atoms with Gasteiger partial charge in [-0.15, -0.1) is 0 Å². The zero-order chi connectivity index (χ0) is 65.5. The predicted molar refractivity (Wildman–Crippen MR) is 390 cm³/mol. The molecule has 10 heteroatoms. The summed E-state index contributed by atoms with van der Waals surface area (Å²) in [6.45, 7) is 4.37. The van der Waals surface area contributed by atoms with Crippen molar-refractivity contribution in [1.29, 1.82) is 0 Å². The van der Waals surface area contributed by atoms with Gasteiger partial charge in [0.1, 0.15) is 19.8 Å². The van der Waals surface area contributed by atoms with Crippen molar-refractivity contribution in [3.8, 4) is 0 Å². The lowest BCUT2D eigenvalue weighted by atomic mass is 10.0. The maximum absolute atomic E-state index is 12.9. The molecule has 526 valence electrons. The largest absolute Gasteiger partial charge is 0.472 e. The van der Waals surface area contributed by atoms with Crippen LogP contribution in [0.4, 0.5) is 0 Å². The number of quaternary nitrogens is 1. The Morgan fingerprint density at radius 1 is 0.356 bits per heavy atom. The standard InChI is InChI=1S/C80H148NO8P/c1-6-8-10-12-14-16-18-20-22-24-26-28-30-32-34-36-38-39-40-41-43-44-46-48-50-52-54-56-58-60-62-64-66-68-70-72-79(82)86-76-78(77-88-90(84,85)87-75-74-81(3,4)5)89-80(83)73-71-69-67-65-63-61-59-57-55-53-51-49-47-45-42-37-35-33-31-29-27-25-23-21-19-17-15-13-11-9-7-2/h9,11,15,17-18,20-21,23-24,26-27,29,78H,6-8,10,12-14,16,19,22,25,28,30-77H2,1-5H3/p+1/b11-9-,17-15-,20-18-,23-21-,26-24-,29-27-. The lowest BCUT2D eigenvalue weighted by molar-refractivity contribution is -0.870. The summed E-state index contributed by atoms with van der Waals surface area (Å²) in [5, 5.41) is 0. The molecular formula is C80H149NO8P+. The topological polar surface area (TPSA) is 108 Å². The van der Waals surface area contributed by atoms with Gasteiger partial charge in [0.25, 0.3) is 0 Å². The third kappa shape index (κ3) is 74.5. The monoisotopic (exact) mass is 1280 g/mol. The molecule has 0 heterocycles. The number of hydrogen-bond acceptors (Lipinski definition) is 7. The molecule has 0 radical (unpaired) electrons. The Morgan fingerprint density at radius 3 is 0.944 bits per heavy atom. The van der Waals surface area contributed by atoms with Crippen LogP contribution in [0.5, 0.6) is 0 Å². The van der Waals surface area contributed by atoms with E-state index in [9.17, 15) is 19.0 Å². The van der Waals surface area contributed by atoms with Gasteiger partial charge in [0.15, 0.2) is 6.10 Å². The minimum Gasteiger partial charge on any atom is -0.462 e. The lowest BCUT2D eigenvalue weighted by Crippen LogP contribution is -2.37. The molecule has 0 aliphatic carbocycles. The number of phosphoric ester groups is 1. The fourth-order valence-electron chi connectivity index (χ4n) is 11.3. The quantitative estimate of drug-likeness (QED) is 0.0211. The SMILES string of the molecule is CC/C=C\C/C=C\C/C=C\C/C=C\CCCCCCCCCCCCCCCCCCCCC(=O)OC(COC(=O)CCCCCCCCCCCCCCCCCCCCCCCCC/C=C\C/C=C\CCCCCCC)COP(=O)(O)OCC[N+](C)(C)C. The van der Waals surface area contributed by atoms with Crippen molar-refractivity contribution in [3.63, 3.8) is 0 Å². The average Bonchev–Trinajstić information content (AvgIpc) is 3.58. The highest BCUT2D eigenvalue weighted by molar-refractivity contribution is 7.47. The number of carbonyl (C=O) groups is 2. The maximum atomic E-state index is 12.9. The third-order valence-electron chi connectivity index (χ3n) is 17.2. The number of unbranched alkanes of at least 4 members (excludes halogenated alkanes) is 46. The van der Waals surface area contributed by atoms with Gasteiger partial charge < -0.3 is 18.9 Å². The van der Waals surface area contributed by atoms with Crippen molar-refractivity contribution in [1.82, 2.24) is 0 Å². The predicted octanol–water partition coefficient (Wildman–Crippen LogP) is 25.5. The second-order valence-electron chi connectivity index (χ2n) is 27.4. The molecule has 0 saturated heterocycles. The summed E-state index contributed by atoms with van der Waals surface area (Å²) in [6, 6.07) is 0. The van der Waals surface area contributed by atoms with Crippen molar-refractivity contribution >= 4 is 19.8 Å². The summed E-state index contributed by atoms with van der Waals surface area (Å²) in [6.07, 6.45) is 96.1. The van der Waals surface area contributed by atoms with Gasteiger partial charge in [-0.3, -0.25) is 18.6 Å². The van der Waals surface area contributed by atoms with E-state index in [1.165, 1.54) is 276 Å². The normalized spacial score (nSPS) is 13.4. The average molecular weight is 1280 g/mol. The molecule has 2 unspecified atom stereocenters. The highest BCUT2D eigenvalue weighted by Crippen LogP contribution is 2.43. The molecule has 1 N–H and O–H groups in total. The Labute approximate surface area is 559 Å². The maximum Gasteiger partial charge on any atom is 0.472 e. The van der Waals surface area contributed by atoms with Crippen LogP contribution >= 0.6 is 7.82 Å². The van der Waals surface area contributed by atoms with E-state index in [4.69, 9.17) is 18.5 Å². The number of phosphoric acid groups is 1. The molecule has 2 atom stereocenters. The van der Waals surface area contributed by atoms with E-state index in [0.717, 1.165) is 64.2 Å². The van der Waals surface area contributed by atoms with Crippen molar-refractivity contribution in [2.45, 2.75) is 380 Å². The van der Waals surface area contributed by atoms with Crippen LogP contribution in [-0.2, 0) is 32.7 Å². The van der Waals surface area contributed by atoms with Crippen LogP contribution in [-0.4, -0.2) is 74.9 Å². The van der Waals surface area contributed by atoms with Gasteiger partial charge in [-0.25, -0.2) is 4.57 Å². The van der Waals surface area contributed by atoms with Crippen LogP contribution in [0.1, 0.15) is 373 Å². The first-order chi connectivity index (χ1) is 44.0. The second-order valence-corrected chi connectivity index (χ2v) is 28.8. The zero-order valence-corrected chi connectivity index (χ0v) is 61.0. The number of rotatable bonds is 72. The van der Waals surface area contributed by atoms with Crippen molar-refractivity contribution in [2.24, 2.45) is 0 Å². The second kappa shape index (κ2) is 70.8. The van der Waals surface area contributed by atoms with E-state index in [0.29, 0.717) is 23.9 Å². The minimum atomic E-state index is -4.39. The molecule has 0 fully saturated rings. The fourth-order valence-corrected chi connectivity index (χ4v) is 12.1. The Morgan fingerprint density at radius 2 is 0.633 bits per heavy atom. The number of carbonyl (C=O) groups excluding carboxylic acids is 2. The Hall–Kier alpha value is -2.55. The number of nitrogens with zero attached hydrogens (tertiary/aromatic N) is 1. The first kappa shape index (κ1) is 87.5. The zero-order valence-electron chi connectivity index (χ0n) is 60.1. The summed E-state index contributed by atoms with van der Waals surface area (Å²) in [4.78, 5) is 36.0. The number of esters is 2. The molecule has 0 amide bonds. The highest BCUT2D eigenvalue weighted by Gasteiger charge is 2.27. The number of allylic oxidation sites excluding steroid dienone is 12. The van der Waals surface area contributed by atoms with Crippen molar-refractivity contribution in [3.05, 3.63) is 72.9 Å². The van der Waals surface area contributed by atoms with E-state index in [1.807, 2.05) is 21.1 Å². The van der Waals surface area contributed by atoms with Crippen LogP contribution in [0, 0.1) is 0 Å². The first-order valence-corrected chi connectivity index (χ1v) is 40.2. The smallest absolute Gasteiger partial charge is 0.462 e. The molecule has 9 nitrogen and oxygen atoms in total. The van der Waals surface area contributed by atoms with Gasteiger partial charge >= 0.3 is 19.8 Å². The summed E-state index contributed by atoms with van der Waals surface area (Å²) >= 11 is 0. The Bertz CT molecular complexity index is 1750. The number of likely N-dealkylation sites (N-methyl/N-ethyl adjacent to an activating group) is 1. The molecule has 90 heavy (non-hydrogen) atoms. The van der Waals surface area contributed by atoms with Gasteiger partial charge in [0, 0.05) is 12.8 Å². The van der Waals surface area contributed by atoms with Gasteiger partial charge in [-0.2, -0.15) is 0 Å². The molecule has 0 bridgehead atoms. The van der Waals surface area contributed by atoms with Gasteiger partial charge in [-0.1, -0.05) is 350 Å². The third-order valence-corrected chi connectivity index (χ3v) is 18.2. The van der Waals surface area contributed by atoms with E-state index in [-0.39, 0.29) is 25.6 Å². The fraction of sp³-hybridized carbons (Fsp3) is 0.825. The Kier molecular flexibility index (Phi) is 68.8. The molecule has 0 saturated carbocycles. The number of ether oxygens (including phenoxy) is 2. The summed E-state index contributed by atoms with van der Waals surface area (Å²) in [5.74, 6) is -0.778. The van der Waals surface area contributed by atoms with Crippen LogP contribution in [0.25, 0.3) is 0 Å². The summed E-state index contributed by atoms with van der Waals surface area (Å²) in [7, 11) is 1.49. The molecule has 0 aromatic carbocycles. The summed E-state index contributed by atoms with van der Waals surface area (Å²) in [5.41, 5.74) is 0. The van der Waals surface area contributed by atoms with E-state index >= 15 is 0 Å². The number of hydrogen-bond donors (Lipinski definition) is 1. The van der Waals surface area contributed by atoms with Gasteiger partial charge in [0.2, 0.25) is 0 Å². The van der Waals surface area contributed by atoms with Crippen LogP contribution in [0.15, 0.2) is 72.9 Å². The van der Waals surface area contributed by atoms with Gasteiger partial charge in [-0.05, 0) is 83.5 Å². The van der Waals surface area contributed by atoms with Crippen molar-refractivity contribution in [2.75, 3.05) is 47.5 Å².